The highest BCUT2D eigenvalue weighted by Crippen LogP contribution is 2.37. The zero-order chi connectivity index (χ0) is 26.8. The van der Waals surface area contributed by atoms with Gasteiger partial charge in [-0.25, -0.2) is 8.78 Å². The quantitative estimate of drug-likeness (QED) is 0.280. The van der Waals surface area contributed by atoms with Crippen LogP contribution in [0.15, 0.2) is 60.7 Å². The van der Waals surface area contributed by atoms with E-state index < -0.39 is 35.0 Å². The Labute approximate surface area is 211 Å². The summed E-state index contributed by atoms with van der Waals surface area (Å²) in [4.78, 5) is 0. The van der Waals surface area contributed by atoms with Crippen LogP contribution >= 0.6 is 0 Å². The molecule has 1 nitrogen and oxygen atoms in total. The van der Waals surface area contributed by atoms with Gasteiger partial charge in [-0.1, -0.05) is 56.9 Å². The molecule has 1 aliphatic rings. The van der Waals surface area contributed by atoms with Crippen LogP contribution in [0.1, 0.15) is 55.7 Å². The molecule has 0 amide bonds. The van der Waals surface area contributed by atoms with Gasteiger partial charge in [0.15, 0.2) is 0 Å². The lowest BCUT2D eigenvalue weighted by molar-refractivity contribution is -0.185. The number of ether oxygens (including phenoxy) is 1. The van der Waals surface area contributed by atoms with Gasteiger partial charge < -0.3 is 4.74 Å². The van der Waals surface area contributed by atoms with Crippen LogP contribution < -0.4 is 4.74 Å². The Bertz CT molecular complexity index is 1210. The normalized spacial score (nSPS) is 18.6. The topological polar surface area (TPSA) is 9.23 Å². The van der Waals surface area contributed by atoms with Crippen LogP contribution in [0.5, 0.6) is 5.75 Å². The largest absolute Gasteiger partial charge is 0.429 e. The lowest BCUT2D eigenvalue weighted by Gasteiger charge is -2.26. The molecule has 1 saturated carbocycles. The van der Waals surface area contributed by atoms with Crippen LogP contribution in [0.2, 0.25) is 0 Å². The Kier molecular flexibility index (Phi) is 7.85. The Balaban J connectivity index is 1.41. The molecule has 0 atom stereocenters. The molecule has 0 unspecified atom stereocenters. The third-order valence-corrected chi connectivity index (χ3v) is 7.04. The van der Waals surface area contributed by atoms with Gasteiger partial charge in [0, 0.05) is 5.56 Å². The summed E-state index contributed by atoms with van der Waals surface area (Å²) in [5.74, 6) is -1.35. The monoisotopic (exact) mass is 524 g/mol. The molecule has 0 radical (unpaired) electrons. The van der Waals surface area contributed by atoms with E-state index in [4.69, 9.17) is 4.74 Å². The lowest BCUT2D eigenvalue weighted by atomic mass is 9.80. The second kappa shape index (κ2) is 10.8. The summed E-state index contributed by atoms with van der Waals surface area (Å²) >= 11 is 0. The molecule has 3 aromatic rings. The summed E-state index contributed by atoms with van der Waals surface area (Å²) < 4.78 is 101. The van der Waals surface area contributed by atoms with E-state index in [1.54, 1.807) is 12.1 Å². The molecular weight excluding hydrogens is 497 g/mol. The number of benzene rings is 3. The predicted octanol–water partition coefficient (Wildman–Crippen LogP) is 9.54. The number of alkyl halides is 5. The summed E-state index contributed by atoms with van der Waals surface area (Å²) in [7, 11) is 0. The molecule has 3 aromatic carbocycles. The molecule has 0 heterocycles. The first kappa shape index (κ1) is 27.0. The molecule has 1 fully saturated rings. The molecular formula is C29H27F7O. The molecule has 198 valence electrons. The highest BCUT2D eigenvalue weighted by atomic mass is 19.4. The Morgan fingerprint density at radius 2 is 1.46 bits per heavy atom. The molecule has 0 bridgehead atoms. The van der Waals surface area contributed by atoms with Gasteiger partial charge in [-0.3, -0.25) is 0 Å². The summed E-state index contributed by atoms with van der Waals surface area (Å²) in [6, 6.07) is 10.6. The predicted molar refractivity (Wildman–Crippen MR) is 127 cm³/mol. The van der Waals surface area contributed by atoms with Gasteiger partial charge in [0.1, 0.15) is 17.4 Å². The van der Waals surface area contributed by atoms with E-state index in [-0.39, 0.29) is 16.9 Å². The highest BCUT2D eigenvalue weighted by Gasteiger charge is 2.36. The SMILES string of the molecule is CC1CCC(CCc2ccc(OC(F)(F)c3ccc(-c4ccc(C(F)(F)F)c(F)c4)c(F)c3)cc2)CC1. The Hall–Kier alpha value is -3.03. The van der Waals surface area contributed by atoms with Gasteiger partial charge in [-0.2, -0.15) is 22.0 Å². The first-order valence-electron chi connectivity index (χ1n) is 12.3. The maximum absolute atomic E-state index is 14.8. The number of halogens is 7. The first-order chi connectivity index (χ1) is 17.4. The third kappa shape index (κ3) is 6.65. The summed E-state index contributed by atoms with van der Waals surface area (Å²) in [5.41, 5.74) is -1.78. The van der Waals surface area contributed by atoms with Gasteiger partial charge in [-0.15, -0.1) is 0 Å². The summed E-state index contributed by atoms with van der Waals surface area (Å²) in [6.07, 6.45) is -1.94. The van der Waals surface area contributed by atoms with Gasteiger partial charge >= 0.3 is 12.3 Å². The number of rotatable bonds is 7. The van der Waals surface area contributed by atoms with Crippen molar-refractivity contribution in [2.24, 2.45) is 11.8 Å². The van der Waals surface area contributed by atoms with Crippen molar-refractivity contribution < 1.29 is 35.5 Å². The number of aryl methyl sites for hydroxylation is 1. The van der Waals surface area contributed by atoms with Crippen molar-refractivity contribution in [2.45, 2.75) is 57.7 Å². The van der Waals surface area contributed by atoms with Gasteiger partial charge in [0.05, 0.1) is 11.1 Å². The van der Waals surface area contributed by atoms with E-state index in [0.29, 0.717) is 24.1 Å². The minimum atomic E-state index is -4.91. The van der Waals surface area contributed by atoms with Crippen molar-refractivity contribution in [3.8, 4) is 16.9 Å². The van der Waals surface area contributed by atoms with Crippen LogP contribution in [0.4, 0.5) is 30.7 Å². The van der Waals surface area contributed by atoms with E-state index in [9.17, 15) is 30.7 Å². The molecule has 0 aromatic heterocycles. The molecule has 1 aliphatic carbocycles. The number of hydrogen-bond acceptors (Lipinski definition) is 1. The first-order valence-corrected chi connectivity index (χ1v) is 12.3. The van der Waals surface area contributed by atoms with Crippen LogP contribution in [0, 0.1) is 23.5 Å². The average molecular weight is 525 g/mol. The zero-order valence-electron chi connectivity index (χ0n) is 20.2. The molecule has 0 aliphatic heterocycles. The molecule has 8 heteroatoms. The molecule has 0 saturated heterocycles. The molecule has 4 rings (SSSR count). The third-order valence-electron chi connectivity index (χ3n) is 7.04. The van der Waals surface area contributed by atoms with Crippen LogP contribution in [0.3, 0.4) is 0 Å². The fourth-order valence-corrected chi connectivity index (χ4v) is 4.76. The Morgan fingerprint density at radius 1 is 0.784 bits per heavy atom. The van der Waals surface area contributed by atoms with Crippen LogP contribution in [-0.4, -0.2) is 0 Å². The average Bonchev–Trinajstić information content (AvgIpc) is 2.83. The van der Waals surface area contributed by atoms with E-state index in [1.165, 1.54) is 37.8 Å². The Morgan fingerprint density at radius 3 is 2.05 bits per heavy atom. The second-order valence-electron chi connectivity index (χ2n) is 9.81. The number of hydrogen-bond donors (Lipinski definition) is 0. The summed E-state index contributed by atoms with van der Waals surface area (Å²) in [6.45, 7) is 2.27. The minimum Gasteiger partial charge on any atom is -0.429 e. The van der Waals surface area contributed by atoms with Crippen molar-refractivity contribution >= 4 is 0 Å². The van der Waals surface area contributed by atoms with Gasteiger partial charge in [0.25, 0.3) is 0 Å². The highest BCUT2D eigenvalue weighted by molar-refractivity contribution is 5.65. The summed E-state index contributed by atoms with van der Waals surface area (Å²) in [5, 5.41) is 0. The van der Waals surface area contributed by atoms with Crippen molar-refractivity contribution in [3.63, 3.8) is 0 Å². The maximum atomic E-state index is 14.8. The van der Waals surface area contributed by atoms with Crippen LogP contribution in [0.25, 0.3) is 11.1 Å². The van der Waals surface area contributed by atoms with Crippen molar-refractivity contribution in [1.82, 2.24) is 0 Å². The zero-order valence-corrected chi connectivity index (χ0v) is 20.2. The van der Waals surface area contributed by atoms with Crippen LogP contribution in [-0.2, 0) is 18.7 Å². The van der Waals surface area contributed by atoms with E-state index in [2.05, 4.69) is 6.92 Å². The van der Waals surface area contributed by atoms with E-state index in [0.717, 1.165) is 42.5 Å². The maximum Gasteiger partial charge on any atom is 0.426 e. The van der Waals surface area contributed by atoms with E-state index in [1.807, 2.05) is 0 Å². The molecule has 0 N–H and O–H groups in total. The molecule has 37 heavy (non-hydrogen) atoms. The van der Waals surface area contributed by atoms with Crippen molar-refractivity contribution in [1.29, 1.82) is 0 Å². The lowest BCUT2D eigenvalue weighted by Crippen LogP contribution is -2.22. The fourth-order valence-electron chi connectivity index (χ4n) is 4.76. The second-order valence-corrected chi connectivity index (χ2v) is 9.81. The van der Waals surface area contributed by atoms with Gasteiger partial charge in [0.2, 0.25) is 0 Å². The minimum absolute atomic E-state index is 0.0884. The molecule has 0 spiro atoms. The van der Waals surface area contributed by atoms with Crippen molar-refractivity contribution in [3.05, 3.63) is 89.0 Å². The smallest absolute Gasteiger partial charge is 0.426 e. The van der Waals surface area contributed by atoms with Crippen molar-refractivity contribution in [2.75, 3.05) is 0 Å². The fraction of sp³-hybridized carbons (Fsp3) is 0.379. The van der Waals surface area contributed by atoms with E-state index >= 15 is 0 Å². The van der Waals surface area contributed by atoms with Gasteiger partial charge in [-0.05, 0) is 72.2 Å². The standard InChI is InChI=1S/C29H27F7O/c1-18-2-4-19(5-3-18)6-7-20-8-12-23(13-9-20)37-29(35,36)22-11-14-24(26(30)17-22)21-10-15-25(27(31)16-21)28(32,33)34/h8-19H,2-7H2,1H3.